The number of aryl methyl sites for hydroxylation is 1. The molecule has 4 nitrogen and oxygen atoms in total. The third-order valence-electron chi connectivity index (χ3n) is 4.27. The number of nitrogens with zero attached hydrogens (tertiary/aromatic N) is 2. The van der Waals surface area contributed by atoms with Gasteiger partial charge in [-0.15, -0.1) is 0 Å². The number of hydrogen-bond donors (Lipinski definition) is 2. The zero-order valence-corrected chi connectivity index (χ0v) is 12.4. The Morgan fingerprint density at radius 3 is 3.05 bits per heavy atom. The Bertz CT molecular complexity index is 615. The lowest BCUT2D eigenvalue weighted by molar-refractivity contribution is 0.571. The zero-order valence-electron chi connectivity index (χ0n) is 12.4. The van der Waals surface area contributed by atoms with Crippen molar-refractivity contribution in [3.63, 3.8) is 0 Å². The molecular formula is C16H22N4. The summed E-state index contributed by atoms with van der Waals surface area (Å²) in [5.74, 6) is 0. The minimum Gasteiger partial charge on any atom is -0.384 e. The van der Waals surface area contributed by atoms with E-state index >= 15 is 0 Å². The first-order valence-electron chi connectivity index (χ1n) is 7.23. The van der Waals surface area contributed by atoms with E-state index < -0.39 is 0 Å². The predicted octanol–water partition coefficient (Wildman–Crippen LogP) is 2.55. The van der Waals surface area contributed by atoms with Crippen LogP contribution in [0.15, 0.2) is 24.4 Å². The summed E-state index contributed by atoms with van der Waals surface area (Å²) in [4.78, 5) is 0. The number of anilines is 1. The molecule has 106 valence electrons. The van der Waals surface area contributed by atoms with Crippen LogP contribution < -0.4 is 10.6 Å². The Morgan fingerprint density at radius 2 is 2.30 bits per heavy atom. The van der Waals surface area contributed by atoms with E-state index in [0.29, 0.717) is 6.04 Å². The maximum Gasteiger partial charge on any atom is 0.0540 e. The number of aromatic nitrogens is 2. The number of benzene rings is 1. The SMILES string of the molecule is Cc1c(C(C)NCc2cccc3c2NCC3)cnn1C. The van der Waals surface area contributed by atoms with E-state index in [9.17, 15) is 0 Å². The molecule has 3 rings (SSSR count). The lowest BCUT2D eigenvalue weighted by Gasteiger charge is -2.15. The van der Waals surface area contributed by atoms with Crippen molar-refractivity contribution in [2.75, 3.05) is 11.9 Å². The molecular weight excluding hydrogens is 248 g/mol. The predicted molar refractivity (Wildman–Crippen MR) is 81.8 cm³/mol. The van der Waals surface area contributed by atoms with Crippen LogP contribution in [0.25, 0.3) is 0 Å². The Labute approximate surface area is 120 Å². The molecule has 20 heavy (non-hydrogen) atoms. The van der Waals surface area contributed by atoms with Crippen molar-refractivity contribution in [3.05, 3.63) is 46.8 Å². The monoisotopic (exact) mass is 270 g/mol. The van der Waals surface area contributed by atoms with E-state index in [2.05, 4.69) is 47.8 Å². The normalized spacial score (nSPS) is 14.9. The molecule has 1 atom stereocenters. The second kappa shape index (κ2) is 5.29. The summed E-state index contributed by atoms with van der Waals surface area (Å²) in [6, 6.07) is 6.88. The van der Waals surface area contributed by atoms with Crippen molar-refractivity contribution < 1.29 is 0 Å². The van der Waals surface area contributed by atoms with Crippen LogP contribution in [0.1, 0.15) is 35.3 Å². The van der Waals surface area contributed by atoms with Crippen LogP contribution in [0.3, 0.4) is 0 Å². The van der Waals surface area contributed by atoms with E-state index in [-0.39, 0.29) is 0 Å². The largest absolute Gasteiger partial charge is 0.384 e. The molecule has 1 aromatic heterocycles. The van der Waals surface area contributed by atoms with Gasteiger partial charge >= 0.3 is 0 Å². The summed E-state index contributed by atoms with van der Waals surface area (Å²) in [6.45, 7) is 6.25. The molecule has 2 N–H and O–H groups in total. The van der Waals surface area contributed by atoms with Gasteiger partial charge in [0.05, 0.1) is 6.20 Å². The third-order valence-corrected chi connectivity index (χ3v) is 4.27. The van der Waals surface area contributed by atoms with Crippen LogP contribution in [0.2, 0.25) is 0 Å². The van der Waals surface area contributed by atoms with Crippen molar-refractivity contribution in [2.45, 2.75) is 32.9 Å². The topological polar surface area (TPSA) is 41.9 Å². The first-order chi connectivity index (χ1) is 9.66. The Morgan fingerprint density at radius 1 is 1.45 bits per heavy atom. The molecule has 1 aliphatic heterocycles. The number of rotatable bonds is 4. The summed E-state index contributed by atoms with van der Waals surface area (Å²) < 4.78 is 1.93. The Hall–Kier alpha value is -1.81. The maximum absolute atomic E-state index is 4.31. The van der Waals surface area contributed by atoms with Gasteiger partial charge in [0, 0.05) is 43.1 Å². The summed E-state index contributed by atoms with van der Waals surface area (Å²) in [5, 5.41) is 11.4. The van der Waals surface area contributed by atoms with Gasteiger partial charge in [0.1, 0.15) is 0 Å². The second-order valence-corrected chi connectivity index (χ2v) is 5.54. The van der Waals surface area contributed by atoms with E-state index in [1.54, 1.807) is 0 Å². The van der Waals surface area contributed by atoms with Crippen molar-refractivity contribution in [2.24, 2.45) is 7.05 Å². The minimum absolute atomic E-state index is 0.306. The lowest BCUT2D eigenvalue weighted by Crippen LogP contribution is -2.19. The van der Waals surface area contributed by atoms with Crippen LogP contribution in [0.4, 0.5) is 5.69 Å². The molecule has 0 radical (unpaired) electrons. The molecule has 0 aliphatic carbocycles. The van der Waals surface area contributed by atoms with Gasteiger partial charge in [-0.25, -0.2) is 0 Å². The highest BCUT2D eigenvalue weighted by Gasteiger charge is 2.15. The highest BCUT2D eigenvalue weighted by atomic mass is 15.3. The number of nitrogens with one attached hydrogen (secondary N) is 2. The Balaban J connectivity index is 1.71. The van der Waals surface area contributed by atoms with E-state index in [1.807, 2.05) is 17.9 Å². The van der Waals surface area contributed by atoms with E-state index in [0.717, 1.165) is 19.5 Å². The van der Waals surface area contributed by atoms with E-state index in [4.69, 9.17) is 0 Å². The van der Waals surface area contributed by atoms with Crippen LogP contribution in [-0.2, 0) is 20.0 Å². The van der Waals surface area contributed by atoms with Crippen molar-refractivity contribution >= 4 is 5.69 Å². The van der Waals surface area contributed by atoms with Crippen molar-refractivity contribution in [1.29, 1.82) is 0 Å². The molecule has 2 aromatic rings. The fraction of sp³-hybridized carbons (Fsp3) is 0.438. The molecule has 0 saturated carbocycles. The smallest absolute Gasteiger partial charge is 0.0540 e. The first kappa shape index (κ1) is 13.2. The van der Waals surface area contributed by atoms with Crippen LogP contribution in [-0.4, -0.2) is 16.3 Å². The van der Waals surface area contributed by atoms with E-state index in [1.165, 1.54) is 28.1 Å². The fourth-order valence-corrected chi connectivity index (χ4v) is 2.87. The molecule has 4 heteroatoms. The fourth-order valence-electron chi connectivity index (χ4n) is 2.87. The molecule has 0 amide bonds. The average Bonchev–Trinajstić information content (AvgIpc) is 3.04. The molecule has 0 saturated heterocycles. The Kier molecular flexibility index (Phi) is 3.49. The van der Waals surface area contributed by atoms with Crippen LogP contribution in [0, 0.1) is 6.92 Å². The highest BCUT2D eigenvalue weighted by Crippen LogP contribution is 2.27. The van der Waals surface area contributed by atoms with Crippen LogP contribution in [0.5, 0.6) is 0 Å². The summed E-state index contributed by atoms with van der Waals surface area (Å²) in [6.07, 6.45) is 3.10. The molecule has 0 bridgehead atoms. The van der Waals surface area contributed by atoms with Gasteiger partial charge in [0.25, 0.3) is 0 Å². The van der Waals surface area contributed by atoms with Crippen molar-refractivity contribution in [1.82, 2.24) is 15.1 Å². The third kappa shape index (κ3) is 2.31. The van der Waals surface area contributed by atoms with Gasteiger partial charge in [0.15, 0.2) is 0 Å². The van der Waals surface area contributed by atoms with Gasteiger partial charge in [-0.3, -0.25) is 4.68 Å². The molecule has 1 aromatic carbocycles. The standard InChI is InChI=1S/C16H22N4/c1-11(15-10-19-20(3)12(15)2)18-9-14-6-4-5-13-7-8-17-16(13)14/h4-6,10-11,17-18H,7-9H2,1-3H3. The lowest BCUT2D eigenvalue weighted by atomic mass is 10.1. The summed E-state index contributed by atoms with van der Waals surface area (Å²) in [7, 11) is 1.99. The number of para-hydroxylation sites is 1. The van der Waals surface area contributed by atoms with Gasteiger partial charge < -0.3 is 10.6 Å². The molecule has 1 aliphatic rings. The highest BCUT2D eigenvalue weighted by molar-refractivity contribution is 5.61. The van der Waals surface area contributed by atoms with Crippen molar-refractivity contribution in [3.8, 4) is 0 Å². The van der Waals surface area contributed by atoms with Gasteiger partial charge in [-0.05, 0) is 31.4 Å². The maximum atomic E-state index is 4.31. The van der Waals surface area contributed by atoms with Gasteiger partial charge in [0.2, 0.25) is 0 Å². The quantitative estimate of drug-likeness (QED) is 0.897. The van der Waals surface area contributed by atoms with Crippen LogP contribution >= 0.6 is 0 Å². The summed E-state index contributed by atoms with van der Waals surface area (Å²) >= 11 is 0. The average molecular weight is 270 g/mol. The first-order valence-corrected chi connectivity index (χ1v) is 7.23. The number of hydrogen-bond acceptors (Lipinski definition) is 3. The molecule has 1 unspecified atom stereocenters. The van der Waals surface area contributed by atoms with Gasteiger partial charge in [-0.1, -0.05) is 18.2 Å². The molecule has 0 spiro atoms. The molecule has 2 heterocycles. The number of fused-ring (bicyclic) bond motifs is 1. The zero-order chi connectivity index (χ0) is 14.1. The second-order valence-electron chi connectivity index (χ2n) is 5.54. The molecule has 0 fully saturated rings. The minimum atomic E-state index is 0.306. The summed E-state index contributed by atoms with van der Waals surface area (Å²) in [5.41, 5.74) is 6.62. The van der Waals surface area contributed by atoms with Gasteiger partial charge in [-0.2, -0.15) is 5.10 Å².